The summed E-state index contributed by atoms with van der Waals surface area (Å²) in [5.41, 5.74) is 6.43. The van der Waals surface area contributed by atoms with Crippen LogP contribution >= 0.6 is 24.0 Å². The summed E-state index contributed by atoms with van der Waals surface area (Å²) in [6.45, 7) is 4.61. The number of carbonyl (C=O) groups excluding carboxylic acids is 2. The number of nitrogens with zero attached hydrogens (tertiary/aromatic N) is 1. The standard InChI is InChI=1S/C13H18ClN3O2.ClH/c1-3-16-12(18)8-17(4-2)13(19)10-6-5-9(15)7-11(10)14;/h5-7H,3-4,8,15H2,1-2H3,(H,16,18);1H. The number of amides is 2. The van der Waals surface area contributed by atoms with Gasteiger partial charge in [-0.2, -0.15) is 0 Å². The van der Waals surface area contributed by atoms with E-state index in [0.29, 0.717) is 29.4 Å². The third-order valence-electron chi connectivity index (χ3n) is 2.60. The fourth-order valence-corrected chi connectivity index (χ4v) is 1.90. The second kappa shape index (κ2) is 8.66. The smallest absolute Gasteiger partial charge is 0.255 e. The first-order chi connectivity index (χ1) is 8.99. The molecule has 0 fully saturated rings. The SMILES string of the molecule is CCNC(=O)CN(CC)C(=O)c1ccc(N)cc1Cl.Cl. The van der Waals surface area contributed by atoms with E-state index in [1.807, 2.05) is 13.8 Å². The van der Waals surface area contributed by atoms with Crippen LogP contribution in [0.25, 0.3) is 0 Å². The lowest BCUT2D eigenvalue weighted by atomic mass is 10.1. The van der Waals surface area contributed by atoms with Gasteiger partial charge in [0, 0.05) is 18.8 Å². The molecule has 0 aromatic heterocycles. The Kier molecular flexibility index (Phi) is 8.03. The number of nitrogens with two attached hydrogens (primary N) is 1. The molecule has 0 radical (unpaired) electrons. The average molecular weight is 320 g/mol. The van der Waals surface area contributed by atoms with Crippen LogP contribution in [0.15, 0.2) is 18.2 Å². The van der Waals surface area contributed by atoms with Crippen molar-refractivity contribution >= 4 is 41.5 Å². The van der Waals surface area contributed by atoms with Gasteiger partial charge in [-0.3, -0.25) is 9.59 Å². The molecular weight excluding hydrogens is 301 g/mol. The summed E-state index contributed by atoms with van der Waals surface area (Å²) in [5, 5.41) is 2.95. The Bertz CT molecular complexity index is 481. The Morgan fingerprint density at radius 2 is 2.00 bits per heavy atom. The fourth-order valence-electron chi connectivity index (χ4n) is 1.63. The van der Waals surface area contributed by atoms with Crippen molar-refractivity contribution in [3.8, 4) is 0 Å². The molecule has 0 saturated carbocycles. The minimum Gasteiger partial charge on any atom is -0.399 e. The van der Waals surface area contributed by atoms with Gasteiger partial charge in [0.05, 0.1) is 17.1 Å². The van der Waals surface area contributed by atoms with Crippen molar-refractivity contribution in [1.29, 1.82) is 0 Å². The van der Waals surface area contributed by atoms with Crippen LogP contribution < -0.4 is 11.1 Å². The number of nitrogen functional groups attached to an aromatic ring is 1. The number of halogens is 2. The molecule has 2 amide bonds. The zero-order chi connectivity index (χ0) is 14.4. The fraction of sp³-hybridized carbons (Fsp3) is 0.385. The Morgan fingerprint density at radius 1 is 1.35 bits per heavy atom. The highest BCUT2D eigenvalue weighted by Gasteiger charge is 2.19. The first kappa shape index (κ1) is 18.5. The minimum atomic E-state index is -0.279. The van der Waals surface area contributed by atoms with Crippen molar-refractivity contribution in [2.45, 2.75) is 13.8 Å². The number of likely N-dealkylation sites (N-methyl/N-ethyl adjacent to an activating group) is 2. The van der Waals surface area contributed by atoms with E-state index in [0.717, 1.165) is 0 Å². The number of hydrogen-bond donors (Lipinski definition) is 2. The third-order valence-corrected chi connectivity index (χ3v) is 2.91. The Labute approximate surface area is 129 Å². The van der Waals surface area contributed by atoms with Crippen LogP contribution in [0.3, 0.4) is 0 Å². The summed E-state index contributed by atoms with van der Waals surface area (Å²) < 4.78 is 0. The molecule has 0 aliphatic carbocycles. The van der Waals surface area contributed by atoms with E-state index in [1.165, 1.54) is 11.0 Å². The van der Waals surface area contributed by atoms with Gasteiger partial charge >= 0.3 is 0 Å². The molecule has 0 atom stereocenters. The molecule has 112 valence electrons. The first-order valence-electron chi connectivity index (χ1n) is 6.10. The van der Waals surface area contributed by atoms with Crippen LogP contribution in [-0.2, 0) is 4.79 Å². The highest BCUT2D eigenvalue weighted by atomic mass is 35.5. The molecule has 7 heteroatoms. The second-order valence-corrected chi connectivity index (χ2v) is 4.42. The Hall–Kier alpha value is -1.46. The summed E-state index contributed by atoms with van der Waals surface area (Å²) in [7, 11) is 0. The van der Waals surface area contributed by atoms with Gasteiger partial charge in [-0.05, 0) is 32.0 Å². The first-order valence-corrected chi connectivity index (χ1v) is 6.48. The van der Waals surface area contributed by atoms with E-state index in [2.05, 4.69) is 5.32 Å². The zero-order valence-corrected chi connectivity index (χ0v) is 13.1. The lowest BCUT2D eigenvalue weighted by Crippen LogP contribution is -2.40. The van der Waals surface area contributed by atoms with Gasteiger partial charge in [-0.1, -0.05) is 11.6 Å². The topological polar surface area (TPSA) is 75.4 Å². The molecule has 3 N–H and O–H groups in total. The van der Waals surface area contributed by atoms with Gasteiger partial charge < -0.3 is 16.0 Å². The number of nitrogens with one attached hydrogen (secondary N) is 1. The van der Waals surface area contributed by atoms with E-state index in [1.54, 1.807) is 12.1 Å². The van der Waals surface area contributed by atoms with Crippen molar-refractivity contribution in [1.82, 2.24) is 10.2 Å². The molecule has 0 aliphatic heterocycles. The summed E-state index contributed by atoms with van der Waals surface area (Å²) in [5.74, 6) is -0.469. The van der Waals surface area contributed by atoms with E-state index < -0.39 is 0 Å². The van der Waals surface area contributed by atoms with Gasteiger partial charge in [0.25, 0.3) is 5.91 Å². The highest BCUT2D eigenvalue weighted by Crippen LogP contribution is 2.20. The van der Waals surface area contributed by atoms with Gasteiger partial charge in [0.1, 0.15) is 0 Å². The predicted molar refractivity (Wildman–Crippen MR) is 83.4 cm³/mol. The van der Waals surface area contributed by atoms with Crippen LogP contribution in [0.5, 0.6) is 0 Å². The molecule has 1 aromatic rings. The van der Waals surface area contributed by atoms with Crippen molar-refractivity contribution in [2.75, 3.05) is 25.4 Å². The maximum atomic E-state index is 12.3. The van der Waals surface area contributed by atoms with Crippen LogP contribution in [-0.4, -0.2) is 36.3 Å². The van der Waals surface area contributed by atoms with E-state index in [9.17, 15) is 9.59 Å². The molecule has 0 unspecified atom stereocenters. The number of carbonyl (C=O) groups is 2. The minimum absolute atomic E-state index is 0. The molecule has 20 heavy (non-hydrogen) atoms. The molecule has 0 saturated heterocycles. The molecule has 1 aromatic carbocycles. The van der Waals surface area contributed by atoms with Crippen LogP contribution in [0.1, 0.15) is 24.2 Å². The van der Waals surface area contributed by atoms with Gasteiger partial charge in [-0.25, -0.2) is 0 Å². The monoisotopic (exact) mass is 319 g/mol. The number of benzene rings is 1. The lowest BCUT2D eigenvalue weighted by molar-refractivity contribution is -0.121. The Morgan fingerprint density at radius 3 is 2.50 bits per heavy atom. The van der Waals surface area contributed by atoms with Crippen molar-refractivity contribution in [3.63, 3.8) is 0 Å². The molecule has 0 heterocycles. The second-order valence-electron chi connectivity index (χ2n) is 4.01. The van der Waals surface area contributed by atoms with Gasteiger partial charge in [0.15, 0.2) is 0 Å². The molecule has 0 spiro atoms. The maximum Gasteiger partial charge on any atom is 0.255 e. The third kappa shape index (κ3) is 4.90. The largest absolute Gasteiger partial charge is 0.399 e. The van der Waals surface area contributed by atoms with Crippen LogP contribution in [0.2, 0.25) is 5.02 Å². The van der Waals surface area contributed by atoms with Gasteiger partial charge in [0.2, 0.25) is 5.91 Å². The summed E-state index contributed by atoms with van der Waals surface area (Å²) in [4.78, 5) is 25.2. The van der Waals surface area contributed by atoms with Crippen LogP contribution in [0.4, 0.5) is 5.69 Å². The van der Waals surface area contributed by atoms with E-state index in [4.69, 9.17) is 17.3 Å². The summed E-state index contributed by atoms with van der Waals surface area (Å²) >= 11 is 6.00. The van der Waals surface area contributed by atoms with E-state index in [-0.39, 0.29) is 30.8 Å². The van der Waals surface area contributed by atoms with Crippen molar-refractivity contribution in [3.05, 3.63) is 28.8 Å². The van der Waals surface area contributed by atoms with E-state index >= 15 is 0 Å². The zero-order valence-electron chi connectivity index (χ0n) is 11.5. The number of anilines is 1. The quantitative estimate of drug-likeness (QED) is 0.814. The molecule has 5 nitrogen and oxygen atoms in total. The highest BCUT2D eigenvalue weighted by molar-refractivity contribution is 6.34. The van der Waals surface area contributed by atoms with Crippen molar-refractivity contribution in [2.24, 2.45) is 0 Å². The molecule has 1 rings (SSSR count). The predicted octanol–water partition coefficient (Wildman–Crippen LogP) is 1.94. The lowest BCUT2D eigenvalue weighted by Gasteiger charge is -2.20. The average Bonchev–Trinajstić information content (AvgIpc) is 2.35. The summed E-state index contributed by atoms with van der Waals surface area (Å²) in [6, 6.07) is 4.70. The van der Waals surface area contributed by atoms with Crippen molar-refractivity contribution < 1.29 is 9.59 Å². The normalized spacial score (nSPS) is 9.55. The number of hydrogen-bond acceptors (Lipinski definition) is 3. The maximum absolute atomic E-state index is 12.3. The number of rotatable bonds is 5. The Balaban J connectivity index is 0.00000361. The van der Waals surface area contributed by atoms with Crippen LogP contribution in [0, 0.1) is 0 Å². The summed E-state index contributed by atoms with van der Waals surface area (Å²) in [6.07, 6.45) is 0. The van der Waals surface area contributed by atoms with Gasteiger partial charge in [-0.15, -0.1) is 12.4 Å². The molecule has 0 aliphatic rings. The molecular formula is C13H19Cl2N3O2. The molecule has 0 bridgehead atoms.